The highest BCUT2D eigenvalue weighted by atomic mass is 16.5. The third-order valence-electron chi connectivity index (χ3n) is 4.40. The SMILES string of the molecule is Cc1cc(Cn2c(C(C)Nc3ncnc(N)c3C#N)nc3cccn3c2=O)no1. The van der Waals surface area contributed by atoms with Gasteiger partial charge >= 0.3 is 5.69 Å². The maximum absolute atomic E-state index is 13.1. The van der Waals surface area contributed by atoms with Crippen molar-refractivity contribution in [2.45, 2.75) is 26.4 Å². The molecule has 0 radical (unpaired) electrons. The lowest BCUT2D eigenvalue weighted by molar-refractivity contribution is 0.387. The van der Waals surface area contributed by atoms with Crippen molar-refractivity contribution >= 4 is 17.3 Å². The molecule has 11 heteroatoms. The summed E-state index contributed by atoms with van der Waals surface area (Å²) < 4.78 is 8.06. The minimum Gasteiger partial charge on any atom is -0.382 e. The Balaban J connectivity index is 1.80. The molecule has 29 heavy (non-hydrogen) atoms. The molecule has 4 aromatic rings. The molecule has 3 N–H and O–H groups in total. The van der Waals surface area contributed by atoms with Crippen LogP contribution in [0.5, 0.6) is 0 Å². The van der Waals surface area contributed by atoms with Gasteiger partial charge in [0.15, 0.2) is 0 Å². The largest absolute Gasteiger partial charge is 0.382 e. The third kappa shape index (κ3) is 3.27. The van der Waals surface area contributed by atoms with Crippen molar-refractivity contribution in [3.8, 4) is 6.07 Å². The fraction of sp³-hybridized carbons (Fsp3) is 0.222. The van der Waals surface area contributed by atoms with E-state index in [0.717, 1.165) is 0 Å². The quantitative estimate of drug-likeness (QED) is 0.512. The van der Waals surface area contributed by atoms with Crippen LogP contribution in [0.4, 0.5) is 11.6 Å². The lowest BCUT2D eigenvalue weighted by Gasteiger charge is -2.19. The van der Waals surface area contributed by atoms with E-state index >= 15 is 0 Å². The zero-order valence-electron chi connectivity index (χ0n) is 15.7. The first-order chi connectivity index (χ1) is 14.0. The second-order valence-electron chi connectivity index (χ2n) is 6.46. The van der Waals surface area contributed by atoms with Crippen molar-refractivity contribution in [1.29, 1.82) is 5.26 Å². The molecule has 4 aromatic heterocycles. The number of hydrogen-bond donors (Lipinski definition) is 2. The fourth-order valence-electron chi connectivity index (χ4n) is 3.05. The molecule has 0 bridgehead atoms. The normalized spacial score (nSPS) is 12.0. The van der Waals surface area contributed by atoms with Crippen LogP contribution in [-0.2, 0) is 6.54 Å². The Hall–Kier alpha value is -4.20. The van der Waals surface area contributed by atoms with Crippen molar-refractivity contribution < 1.29 is 4.52 Å². The predicted molar refractivity (Wildman–Crippen MR) is 103 cm³/mol. The summed E-state index contributed by atoms with van der Waals surface area (Å²) in [5.74, 6) is 1.43. The maximum atomic E-state index is 13.1. The number of hydrogen-bond acceptors (Lipinski definition) is 9. The van der Waals surface area contributed by atoms with Crippen molar-refractivity contribution in [3.05, 3.63) is 64.0 Å². The first-order valence-electron chi connectivity index (χ1n) is 8.75. The van der Waals surface area contributed by atoms with Gasteiger partial charge < -0.3 is 15.6 Å². The molecular formula is C18H17N9O2. The van der Waals surface area contributed by atoms with E-state index in [1.165, 1.54) is 15.3 Å². The Bertz CT molecular complexity index is 1290. The van der Waals surface area contributed by atoms with Crippen LogP contribution in [0.25, 0.3) is 5.65 Å². The van der Waals surface area contributed by atoms with Gasteiger partial charge in [0.2, 0.25) is 0 Å². The van der Waals surface area contributed by atoms with E-state index in [9.17, 15) is 10.1 Å². The highest BCUT2D eigenvalue weighted by Crippen LogP contribution is 2.22. The second-order valence-corrected chi connectivity index (χ2v) is 6.46. The van der Waals surface area contributed by atoms with Gasteiger partial charge in [-0.3, -0.25) is 8.97 Å². The summed E-state index contributed by atoms with van der Waals surface area (Å²) in [6.45, 7) is 3.77. The summed E-state index contributed by atoms with van der Waals surface area (Å²) in [5.41, 5.74) is 6.72. The lowest BCUT2D eigenvalue weighted by Crippen LogP contribution is -2.33. The standard InChI is InChI=1S/C18H17N9O2/c1-10-6-12(25-29-10)8-27-17(24-14-4-3-5-26(14)18(27)28)11(2)23-16-13(7-19)15(20)21-9-22-16/h3-6,9,11H,8H2,1-2H3,(H3,20,21,22,23). The minimum absolute atomic E-state index is 0.0719. The molecule has 1 unspecified atom stereocenters. The van der Waals surface area contributed by atoms with Gasteiger partial charge in [0.05, 0.1) is 12.6 Å². The number of fused-ring (bicyclic) bond motifs is 1. The number of nitrogen functional groups attached to an aromatic ring is 1. The number of aromatic nitrogens is 6. The molecule has 146 valence electrons. The molecule has 4 rings (SSSR count). The highest BCUT2D eigenvalue weighted by molar-refractivity contribution is 5.62. The number of nitrogens with two attached hydrogens (primary N) is 1. The van der Waals surface area contributed by atoms with Gasteiger partial charge in [-0.2, -0.15) is 5.26 Å². The summed E-state index contributed by atoms with van der Waals surface area (Å²) >= 11 is 0. The molecule has 11 nitrogen and oxygen atoms in total. The van der Waals surface area contributed by atoms with E-state index in [0.29, 0.717) is 22.9 Å². The van der Waals surface area contributed by atoms with Crippen LogP contribution in [0.1, 0.15) is 35.8 Å². The number of nitriles is 1. The lowest BCUT2D eigenvalue weighted by atomic mass is 10.2. The second kappa shape index (κ2) is 7.08. The molecule has 0 spiro atoms. The summed E-state index contributed by atoms with van der Waals surface area (Å²) in [5, 5.41) is 16.4. The van der Waals surface area contributed by atoms with Crippen LogP contribution >= 0.6 is 0 Å². The number of nitrogens with one attached hydrogen (secondary N) is 1. The first kappa shape index (κ1) is 18.2. The molecule has 0 aliphatic rings. The molecule has 0 saturated carbocycles. The summed E-state index contributed by atoms with van der Waals surface area (Å²) in [6, 6.07) is 6.76. The van der Waals surface area contributed by atoms with E-state index in [2.05, 4.69) is 25.4 Å². The number of rotatable bonds is 5. The van der Waals surface area contributed by atoms with E-state index in [1.807, 2.05) is 13.0 Å². The van der Waals surface area contributed by atoms with Crippen LogP contribution in [0, 0.1) is 18.3 Å². The van der Waals surface area contributed by atoms with Gasteiger partial charge in [0.25, 0.3) is 0 Å². The van der Waals surface area contributed by atoms with Crippen molar-refractivity contribution in [2.24, 2.45) is 0 Å². The Kier molecular flexibility index (Phi) is 4.44. The first-order valence-corrected chi connectivity index (χ1v) is 8.75. The molecule has 0 aromatic carbocycles. The average Bonchev–Trinajstić information content (AvgIpc) is 3.33. The van der Waals surface area contributed by atoms with Crippen LogP contribution in [-0.4, -0.2) is 29.1 Å². The Morgan fingerprint density at radius 3 is 2.97 bits per heavy atom. The Morgan fingerprint density at radius 2 is 2.24 bits per heavy atom. The van der Waals surface area contributed by atoms with Crippen molar-refractivity contribution in [2.75, 3.05) is 11.1 Å². The van der Waals surface area contributed by atoms with E-state index in [1.54, 1.807) is 31.3 Å². The van der Waals surface area contributed by atoms with E-state index in [-0.39, 0.29) is 29.4 Å². The minimum atomic E-state index is -0.475. The number of nitrogens with zero attached hydrogens (tertiary/aromatic N) is 7. The molecule has 0 saturated heterocycles. The summed E-state index contributed by atoms with van der Waals surface area (Å²) in [7, 11) is 0. The van der Waals surface area contributed by atoms with Gasteiger partial charge in [0, 0.05) is 12.3 Å². The van der Waals surface area contributed by atoms with Gasteiger partial charge in [0.1, 0.15) is 52.5 Å². The van der Waals surface area contributed by atoms with Crippen LogP contribution in [0.3, 0.4) is 0 Å². The Morgan fingerprint density at radius 1 is 1.41 bits per heavy atom. The van der Waals surface area contributed by atoms with Gasteiger partial charge in [-0.05, 0) is 26.0 Å². The van der Waals surface area contributed by atoms with Gasteiger partial charge in [-0.15, -0.1) is 0 Å². The molecule has 1 atom stereocenters. The molecule has 0 fully saturated rings. The van der Waals surface area contributed by atoms with Crippen molar-refractivity contribution in [3.63, 3.8) is 0 Å². The highest BCUT2D eigenvalue weighted by Gasteiger charge is 2.20. The van der Waals surface area contributed by atoms with Crippen molar-refractivity contribution in [1.82, 2.24) is 29.1 Å². The monoisotopic (exact) mass is 391 g/mol. The van der Waals surface area contributed by atoms with E-state index in [4.69, 9.17) is 10.3 Å². The Labute approximate surface area is 164 Å². The fourth-order valence-corrected chi connectivity index (χ4v) is 3.05. The molecule has 0 aliphatic heterocycles. The van der Waals surface area contributed by atoms with Crippen LogP contribution < -0.4 is 16.7 Å². The molecule has 0 amide bonds. The maximum Gasteiger partial charge on any atom is 0.335 e. The third-order valence-corrected chi connectivity index (χ3v) is 4.40. The molecular weight excluding hydrogens is 374 g/mol. The molecule has 4 heterocycles. The predicted octanol–water partition coefficient (Wildman–Crippen LogP) is 1.26. The zero-order valence-corrected chi connectivity index (χ0v) is 15.7. The average molecular weight is 391 g/mol. The van der Waals surface area contributed by atoms with Crippen LogP contribution in [0.2, 0.25) is 0 Å². The molecule has 0 aliphatic carbocycles. The summed E-state index contributed by atoms with van der Waals surface area (Å²) in [4.78, 5) is 25.6. The van der Waals surface area contributed by atoms with Gasteiger partial charge in [-0.1, -0.05) is 5.16 Å². The van der Waals surface area contributed by atoms with E-state index < -0.39 is 6.04 Å². The smallest absolute Gasteiger partial charge is 0.335 e. The number of anilines is 2. The number of aryl methyl sites for hydroxylation is 1. The van der Waals surface area contributed by atoms with Crippen LogP contribution in [0.15, 0.2) is 40.0 Å². The topological polar surface area (TPSA) is 153 Å². The zero-order chi connectivity index (χ0) is 20.5. The van der Waals surface area contributed by atoms with Gasteiger partial charge in [-0.25, -0.2) is 19.7 Å². The summed E-state index contributed by atoms with van der Waals surface area (Å²) in [6.07, 6.45) is 2.91.